The Morgan fingerprint density at radius 2 is 1.75 bits per heavy atom. The second kappa shape index (κ2) is 11.7. The summed E-state index contributed by atoms with van der Waals surface area (Å²) in [5, 5.41) is 11.1. The molecule has 8 heteroatoms. The van der Waals surface area contributed by atoms with Gasteiger partial charge in [-0.3, -0.25) is 14.4 Å². The van der Waals surface area contributed by atoms with Gasteiger partial charge in [0.2, 0.25) is 5.91 Å². The lowest BCUT2D eigenvalue weighted by Crippen LogP contribution is -2.18. The molecular formula is C28H29N5O2S. The highest BCUT2D eigenvalue weighted by atomic mass is 32.2. The smallest absolute Gasteiger partial charge is 0.216 e. The Morgan fingerprint density at radius 1 is 1.03 bits per heavy atom. The van der Waals surface area contributed by atoms with E-state index in [9.17, 15) is 4.79 Å². The fourth-order valence-electron chi connectivity index (χ4n) is 3.88. The highest BCUT2D eigenvalue weighted by molar-refractivity contribution is 7.99. The number of aryl methyl sites for hydroxylation is 1. The fraction of sp³-hybridized carbons (Fsp3) is 0.214. The summed E-state index contributed by atoms with van der Waals surface area (Å²) in [5.41, 5.74) is 4.04. The third-order valence-electron chi connectivity index (χ3n) is 5.50. The Morgan fingerprint density at radius 3 is 2.39 bits per heavy atom. The lowest BCUT2D eigenvalue weighted by Gasteiger charge is -2.14. The summed E-state index contributed by atoms with van der Waals surface area (Å²) in [7, 11) is 1.68. The third kappa shape index (κ3) is 5.83. The maximum Gasteiger partial charge on any atom is 0.216 e. The Labute approximate surface area is 215 Å². The number of nitrogens with one attached hydrogen (secondary N) is 1. The van der Waals surface area contributed by atoms with E-state index in [1.165, 1.54) is 16.7 Å². The van der Waals surface area contributed by atoms with Gasteiger partial charge in [0.15, 0.2) is 5.82 Å². The van der Waals surface area contributed by atoms with Crippen molar-refractivity contribution in [3.05, 3.63) is 95.6 Å². The average Bonchev–Trinajstić information content (AvgIpc) is 3.17. The van der Waals surface area contributed by atoms with E-state index in [1.807, 2.05) is 32.0 Å². The zero-order valence-corrected chi connectivity index (χ0v) is 21.7. The van der Waals surface area contributed by atoms with Gasteiger partial charge >= 0.3 is 0 Å². The van der Waals surface area contributed by atoms with Gasteiger partial charge in [0.25, 0.3) is 0 Å². The SMILES string of the molecule is CCNC(C)=O.COc1ccc2c(c1)C(c1ccc(Sc3ccccc3)cc1)=NCc1nnc(C)n1-2. The van der Waals surface area contributed by atoms with Crippen molar-refractivity contribution in [2.45, 2.75) is 37.1 Å². The summed E-state index contributed by atoms with van der Waals surface area (Å²) >= 11 is 1.75. The number of aliphatic imine (C=N–C) groups is 1. The molecule has 1 aliphatic heterocycles. The van der Waals surface area contributed by atoms with E-state index < -0.39 is 0 Å². The van der Waals surface area contributed by atoms with E-state index in [1.54, 1.807) is 18.9 Å². The standard InChI is InChI=1S/C24H20N4OS.C4H9NO/c1-16-26-27-23-15-25-24(21-14-18(29-2)10-13-22(21)28(16)23)17-8-11-20(12-9-17)30-19-6-4-3-5-7-19;1-3-5-4(2)6/h3-14H,15H2,1-2H3;3H2,1-2H3,(H,5,6). The first-order chi connectivity index (χ1) is 17.5. The number of methoxy groups -OCH3 is 1. The molecular weight excluding hydrogens is 470 g/mol. The van der Waals surface area contributed by atoms with Crippen LogP contribution in [0, 0.1) is 6.92 Å². The molecule has 2 heterocycles. The van der Waals surface area contributed by atoms with Gasteiger partial charge in [0, 0.05) is 34.4 Å². The second-order valence-corrected chi connectivity index (χ2v) is 9.22. The number of nitrogens with zero attached hydrogens (tertiary/aromatic N) is 4. The number of rotatable bonds is 5. The Bertz CT molecular complexity index is 1360. The summed E-state index contributed by atoms with van der Waals surface area (Å²) in [6.45, 7) is 6.57. The van der Waals surface area contributed by atoms with Crippen LogP contribution in [0.15, 0.2) is 87.6 Å². The van der Waals surface area contributed by atoms with Crippen LogP contribution in [0.2, 0.25) is 0 Å². The molecule has 0 bridgehead atoms. The van der Waals surface area contributed by atoms with E-state index >= 15 is 0 Å². The van der Waals surface area contributed by atoms with E-state index in [0.717, 1.165) is 46.5 Å². The Kier molecular flexibility index (Phi) is 8.17. The number of amides is 1. The molecule has 0 unspecified atom stereocenters. The van der Waals surface area contributed by atoms with Gasteiger partial charge in [-0.15, -0.1) is 10.2 Å². The van der Waals surface area contributed by atoms with E-state index in [0.29, 0.717) is 6.54 Å². The monoisotopic (exact) mass is 499 g/mol. The lowest BCUT2D eigenvalue weighted by molar-refractivity contribution is -0.118. The van der Waals surface area contributed by atoms with Crippen LogP contribution in [0.25, 0.3) is 5.69 Å². The number of carbonyl (C=O) groups is 1. The predicted octanol–water partition coefficient (Wildman–Crippen LogP) is 5.23. The van der Waals surface area contributed by atoms with Crippen LogP contribution in [0.3, 0.4) is 0 Å². The Hall–Kier alpha value is -3.91. The van der Waals surface area contributed by atoms with Crippen LogP contribution in [0.1, 0.15) is 36.6 Å². The number of hydrogen-bond acceptors (Lipinski definition) is 6. The molecule has 1 aliphatic rings. The molecule has 1 aromatic heterocycles. The summed E-state index contributed by atoms with van der Waals surface area (Å²) < 4.78 is 7.57. The molecule has 0 saturated carbocycles. The molecule has 1 amide bonds. The van der Waals surface area contributed by atoms with Crippen molar-refractivity contribution in [3.8, 4) is 11.4 Å². The molecule has 36 heavy (non-hydrogen) atoms. The zero-order valence-electron chi connectivity index (χ0n) is 20.9. The molecule has 5 rings (SSSR count). The molecule has 4 aromatic rings. The first kappa shape index (κ1) is 25.2. The molecule has 184 valence electrons. The van der Waals surface area contributed by atoms with E-state index in [2.05, 4.69) is 74.7 Å². The molecule has 3 aromatic carbocycles. The zero-order chi connectivity index (χ0) is 25.5. The van der Waals surface area contributed by atoms with Crippen molar-refractivity contribution in [3.63, 3.8) is 0 Å². The van der Waals surface area contributed by atoms with Gasteiger partial charge < -0.3 is 10.1 Å². The largest absolute Gasteiger partial charge is 0.497 e. The number of aromatic nitrogens is 3. The quantitative estimate of drug-likeness (QED) is 0.407. The maximum absolute atomic E-state index is 9.93. The fourth-order valence-corrected chi connectivity index (χ4v) is 4.72. The van der Waals surface area contributed by atoms with Crippen LogP contribution in [-0.2, 0) is 11.3 Å². The van der Waals surface area contributed by atoms with Crippen molar-refractivity contribution in [2.75, 3.05) is 13.7 Å². The van der Waals surface area contributed by atoms with Crippen LogP contribution in [0.4, 0.5) is 0 Å². The van der Waals surface area contributed by atoms with Crippen molar-refractivity contribution < 1.29 is 9.53 Å². The first-order valence-corrected chi connectivity index (χ1v) is 12.5. The minimum atomic E-state index is 0.0394. The molecule has 1 N–H and O–H groups in total. The molecule has 0 spiro atoms. The summed E-state index contributed by atoms with van der Waals surface area (Å²) in [6, 6.07) is 25.0. The highest BCUT2D eigenvalue weighted by Gasteiger charge is 2.22. The highest BCUT2D eigenvalue weighted by Crippen LogP contribution is 2.31. The molecule has 7 nitrogen and oxygen atoms in total. The number of benzene rings is 3. The summed E-state index contributed by atoms with van der Waals surface area (Å²) in [4.78, 5) is 17.3. The van der Waals surface area contributed by atoms with Crippen LogP contribution >= 0.6 is 11.8 Å². The molecule has 0 atom stereocenters. The van der Waals surface area contributed by atoms with Gasteiger partial charge in [-0.05, 0) is 56.3 Å². The minimum Gasteiger partial charge on any atom is -0.497 e. The number of carbonyl (C=O) groups excluding carboxylic acids is 1. The number of ether oxygens (including phenoxy) is 1. The molecule has 0 saturated heterocycles. The van der Waals surface area contributed by atoms with Gasteiger partial charge in [-0.2, -0.15) is 0 Å². The third-order valence-corrected chi connectivity index (χ3v) is 6.52. The normalized spacial score (nSPS) is 11.7. The summed E-state index contributed by atoms with van der Waals surface area (Å²) in [6.07, 6.45) is 0. The number of hydrogen-bond donors (Lipinski definition) is 1. The maximum atomic E-state index is 9.93. The topological polar surface area (TPSA) is 81.4 Å². The van der Waals surface area contributed by atoms with Crippen molar-refractivity contribution >= 4 is 23.4 Å². The van der Waals surface area contributed by atoms with Gasteiger partial charge in [0.05, 0.1) is 18.5 Å². The van der Waals surface area contributed by atoms with Crippen molar-refractivity contribution in [2.24, 2.45) is 4.99 Å². The lowest BCUT2D eigenvalue weighted by atomic mass is 10.00. The molecule has 0 radical (unpaired) electrons. The van der Waals surface area contributed by atoms with Crippen LogP contribution in [0.5, 0.6) is 5.75 Å². The first-order valence-electron chi connectivity index (χ1n) is 11.7. The molecule has 0 fully saturated rings. The molecule has 0 aliphatic carbocycles. The summed E-state index contributed by atoms with van der Waals surface area (Å²) in [5.74, 6) is 2.53. The predicted molar refractivity (Wildman–Crippen MR) is 143 cm³/mol. The second-order valence-electron chi connectivity index (χ2n) is 8.07. The van der Waals surface area contributed by atoms with Gasteiger partial charge in [-0.25, -0.2) is 0 Å². The number of fused-ring (bicyclic) bond motifs is 3. The average molecular weight is 500 g/mol. The van der Waals surface area contributed by atoms with Crippen molar-refractivity contribution in [1.82, 2.24) is 20.1 Å². The van der Waals surface area contributed by atoms with E-state index in [-0.39, 0.29) is 5.91 Å². The van der Waals surface area contributed by atoms with Gasteiger partial charge in [0.1, 0.15) is 18.1 Å². The minimum absolute atomic E-state index is 0.0394. The van der Waals surface area contributed by atoms with Crippen LogP contribution in [-0.4, -0.2) is 40.0 Å². The Balaban J connectivity index is 0.000000455. The van der Waals surface area contributed by atoms with Crippen LogP contribution < -0.4 is 10.1 Å². The van der Waals surface area contributed by atoms with E-state index in [4.69, 9.17) is 9.73 Å². The van der Waals surface area contributed by atoms with Crippen molar-refractivity contribution in [1.29, 1.82) is 0 Å². The van der Waals surface area contributed by atoms with Gasteiger partial charge in [-0.1, -0.05) is 42.1 Å².